The molecule has 0 fully saturated rings. The van der Waals surface area contributed by atoms with E-state index in [1.807, 2.05) is 0 Å². The van der Waals surface area contributed by atoms with Crippen molar-refractivity contribution in [1.29, 1.82) is 0 Å². The predicted octanol–water partition coefficient (Wildman–Crippen LogP) is 1.54. The number of benzene rings is 1. The van der Waals surface area contributed by atoms with E-state index in [0.717, 1.165) is 5.56 Å². The average molecular weight is 192 g/mol. The standard InChI is InChI=1S/C11H9FO2/c1-14-11(13)4-2-3-9-5-7-10(12)8-6-9/h5-8H,3H2,1H3. The van der Waals surface area contributed by atoms with E-state index in [-0.39, 0.29) is 5.82 Å². The van der Waals surface area contributed by atoms with Crippen LogP contribution in [0.2, 0.25) is 0 Å². The van der Waals surface area contributed by atoms with Crippen LogP contribution >= 0.6 is 0 Å². The summed E-state index contributed by atoms with van der Waals surface area (Å²) in [6.45, 7) is 0. The smallest absolute Gasteiger partial charge is 0.384 e. The maximum atomic E-state index is 12.5. The van der Waals surface area contributed by atoms with Crippen LogP contribution in [0.5, 0.6) is 0 Å². The first-order valence-corrected chi connectivity index (χ1v) is 4.03. The fourth-order valence-electron chi connectivity index (χ4n) is 0.872. The monoisotopic (exact) mass is 192 g/mol. The van der Waals surface area contributed by atoms with E-state index >= 15 is 0 Å². The van der Waals surface area contributed by atoms with Gasteiger partial charge < -0.3 is 4.74 Å². The van der Waals surface area contributed by atoms with Gasteiger partial charge >= 0.3 is 5.97 Å². The van der Waals surface area contributed by atoms with Crippen LogP contribution in [0.15, 0.2) is 24.3 Å². The summed E-state index contributed by atoms with van der Waals surface area (Å²) in [6, 6.07) is 5.97. The van der Waals surface area contributed by atoms with E-state index in [0.29, 0.717) is 6.42 Å². The molecule has 0 radical (unpaired) electrons. The number of hydrogen-bond acceptors (Lipinski definition) is 2. The molecule has 0 atom stereocenters. The second kappa shape index (κ2) is 5.03. The summed E-state index contributed by atoms with van der Waals surface area (Å²) in [5, 5.41) is 0. The van der Waals surface area contributed by atoms with Gasteiger partial charge in [-0.15, -0.1) is 0 Å². The SMILES string of the molecule is COC(=O)C#CCc1ccc(F)cc1. The van der Waals surface area contributed by atoms with Gasteiger partial charge in [0.1, 0.15) is 5.82 Å². The first-order valence-electron chi connectivity index (χ1n) is 4.03. The first kappa shape index (κ1) is 10.3. The van der Waals surface area contributed by atoms with Crippen molar-refractivity contribution >= 4 is 5.97 Å². The van der Waals surface area contributed by atoms with Gasteiger partial charge in [-0.25, -0.2) is 9.18 Å². The molecule has 0 aliphatic heterocycles. The fraction of sp³-hybridized carbons (Fsp3) is 0.182. The van der Waals surface area contributed by atoms with Crippen molar-refractivity contribution < 1.29 is 13.9 Å². The molecule has 0 aliphatic rings. The molecular formula is C11H9FO2. The van der Waals surface area contributed by atoms with Crippen molar-refractivity contribution in [3.63, 3.8) is 0 Å². The second-order valence-electron chi connectivity index (χ2n) is 2.60. The highest BCUT2D eigenvalue weighted by Gasteiger charge is 1.92. The largest absolute Gasteiger partial charge is 0.459 e. The Morgan fingerprint density at radius 2 is 2.07 bits per heavy atom. The molecule has 0 aromatic heterocycles. The fourth-order valence-corrected chi connectivity index (χ4v) is 0.872. The van der Waals surface area contributed by atoms with Gasteiger partial charge in [0.25, 0.3) is 0 Å². The van der Waals surface area contributed by atoms with Crippen LogP contribution in [0.3, 0.4) is 0 Å². The summed E-state index contributed by atoms with van der Waals surface area (Å²) in [7, 11) is 1.27. The lowest BCUT2D eigenvalue weighted by Crippen LogP contribution is -1.94. The minimum atomic E-state index is -0.563. The third kappa shape index (κ3) is 3.28. The van der Waals surface area contributed by atoms with Crippen LogP contribution < -0.4 is 0 Å². The van der Waals surface area contributed by atoms with Gasteiger partial charge in [0.15, 0.2) is 0 Å². The molecule has 1 rings (SSSR count). The van der Waals surface area contributed by atoms with Crippen LogP contribution in [0.1, 0.15) is 5.56 Å². The molecule has 1 aromatic carbocycles. The predicted molar refractivity (Wildman–Crippen MR) is 49.9 cm³/mol. The quantitative estimate of drug-likeness (QED) is 0.383. The topological polar surface area (TPSA) is 26.3 Å². The lowest BCUT2D eigenvalue weighted by atomic mass is 10.1. The molecule has 3 heteroatoms. The summed E-state index contributed by atoms with van der Waals surface area (Å²) in [5.41, 5.74) is 0.864. The van der Waals surface area contributed by atoms with E-state index in [9.17, 15) is 9.18 Å². The van der Waals surface area contributed by atoms with Gasteiger partial charge in [-0.3, -0.25) is 0 Å². The summed E-state index contributed by atoms with van der Waals surface area (Å²) in [6.07, 6.45) is 0.412. The number of methoxy groups -OCH3 is 1. The highest BCUT2D eigenvalue weighted by atomic mass is 19.1. The van der Waals surface area contributed by atoms with Gasteiger partial charge in [-0.1, -0.05) is 18.1 Å². The van der Waals surface area contributed by atoms with Crippen molar-refractivity contribution in [3.05, 3.63) is 35.6 Å². The highest BCUT2D eigenvalue weighted by Crippen LogP contribution is 2.02. The number of carbonyl (C=O) groups is 1. The maximum absolute atomic E-state index is 12.5. The van der Waals surface area contributed by atoms with Gasteiger partial charge in [0.05, 0.1) is 7.11 Å². The van der Waals surface area contributed by atoms with Crippen molar-refractivity contribution in [2.24, 2.45) is 0 Å². The van der Waals surface area contributed by atoms with Crippen molar-refractivity contribution in [2.75, 3.05) is 7.11 Å². The molecular weight excluding hydrogens is 183 g/mol. The molecule has 0 spiro atoms. The molecule has 0 saturated carbocycles. The van der Waals surface area contributed by atoms with E-state index in [2.05, 4.69) is 16.6 Å². The van der Waals surface area contributed by atoms with Crippen molar-refractivity contribution in [3.8, 4) is 11.8 Å². The number of hydrogen-bond donors (Lipinski definition) is 0. The van der Waals surface area contributed by atoms with E-state index in [4.69, 9.17) is 0 Å². The minimum absolute atomic E-state index is 0.283. The summed E-state index contributed by atoms with van der Waals surface area (Å²) < 4.78 is 16.8. The maximum Gasteiger partial charge on any atom is 0.384 e. The van der Waals surface area contributed by atoms with Gasteiger partial charge in [0, 0.05) is 12.3 Å². The van der Waals surface area contributed by atoms with E-state index in [1.54, 1.807) is 12.1 Å². The van der Waals surface area contributed by atoms with Gasteiger partial charge in [-0.2, -0.15) is 0 Å². The Bertz CT molecular complexity index is 371. The number of esters is 1. The molecule has 1 aromatic rings. The molecule has 0 amide bonds. The second-order valence-corrected chi connectivity index (χ2v) is 2.60. The highest BCUT2D eigenvalue weighted by molar-refractivity contribution is 5.88. The molecule has 0 heterocycles. The number of carbonyl (C=O) groups excluding carboxylic acids is 1. The lowest BCUT2D eigenvalue weighted by molar-refractivity contribution is -0.133. The van der Waals surface area contributed by atoms with Crippen molar-refractivity contribution in [1.82, 2.24) is 0 Å². The zero-order chi connectivity index (χ0) is 10.4. The van der Waals surface area contributed by atoms with Crippen LogP contribution in [0.25, 0.3) is 0 Å². The number of halogens is 1. The van der Waals surface area contributed by atoms with Crippen LogP contribution in [0, 0.1) is 17.7 Å². The Morgan fingerprint density at radius 1 is 1.43 bits per heavy atom. The average Bonchev–Trinajstić information content (AvgIpc) is 2.21. The first-order chi connectivity index (χ1) is 6.72. The zero-order valence-corrected chi connectivity index (χ0v) is 7.71. The van der Waals surface area contributed by atoms with Gasteiger partial charge in [-0.05, 0) is 17.7 Å². The van der Waals surface area contributed by atoms with Crippen LogP contribution in [-0.4, -0.2) is 13.1 Å². The number of rotatable bonds is 1. The van der Waals surface area contributed by atoms with E-state index in [1.165, 1.54) is 19.2 Å². The normalized spacial score (nSPS) is 8.71. The third-order valence-corrected chi connectivity index (χ3v) is 1.58. The Kier molecular flexibility index (Phi) is 3.69. The summed E-state index contributed by atoms with van der Waals surface area (Å²) in [4.78, 5) is 10.6. The number of ether oxygens (including phenoxy) is 1. The zero-order valence-electron chi connectivity index (χ0n) is 7.71. The molecule has 0 N–H and O–H groups in total. The minimum Gasteiger partial charge on any atom is -0.459 e. The molecule has 72 valence electrons. The molecule has 0 bridgehead atoms. The Hall–Kier alpha value is -1.82. The molecule has 2 nitrogen and oxygen atoms in total. The van der Waals surface area contributed by atoms with Crippen LogP contribution in [0.4, 0.5) is 4.39 Å². The van der Waals surface area contributed by atoms with Crippen molar-refractivity contribution in [2.45, 2.75) is 6.42 Å². The third-order valence-electron chi connectivity index (χ3n) is 1.58. The van der Waals surface area contributed by atoms with Gasteiger partial charge in [0.2, 0.25) is 0 Å². The summed E-state index contributed by atoms with van der Waals surface area (Å²) in [5.74, 6) is 4.07. The summed E-state index contributed by atoms with van der Waals surface area (Å²) >= 11 is 0. The Labute approximate surface area is 81.7 Å². The Morgan fingerprint density at radius 3 is 2.64 bits per heavy atom. The lowest BCUT2D eigenvalue weighted by Gasteiger charge is -1.93. The molecule has 0 aliphatic carbocycles. The van der Waals surface area contributed by atoms with Crippen LogP contribution in [-0.2, 0) is 16.0 Å². The van der Waals surface area contributed by atoms with E-state index < -0.39 is 5.97 Å². The Balaban J connectivity index is 2.56. The molecule has 14 heavy (non-hydrogen) atoms. The molecule has 0 unspecified atom stereocenters. The molecule has 0 saturated heterocycles.